The van der Waals surface area contributed by atoms with Crippen molar-refractivity contribution in [3.63, 3.8) is 0 Å². The van der Waals surface area contributed by atoms with Crippen LogP contribution >= 0.6 is 0 Å². The summed E-state index contributed by atoms with van der Waals surface area (Å²) in [6.07, 6.45) is 1.56. The lowest BCUT2D eigenvalue weighted by Crippen LogP contribution is -2.11. The number of aromatic nitrogens is 1. The van der Waals surface area contributed by atoms with Crippen LogP contribution in [0.25, 0.3) is 0 Å². The highest BCUT2D eigenvalue weighted by molar-refractivity contribution is 6.04. The maximum atomic E-state index is 11.8. The molecule has 0 unspecified atom stereocenters. The molecule has 0 saturated heterocycles. The van der Waals surface area contributed by atoms with Crippen LogP contribution in [0, 0.1) is 0 Å². The van der Waals surface area contributed by atoms with E-state index in [0.717, 1.165) is 0 Å². The van der Waals surface area contributed by atoms with Gasteiger partial charge in [-0.05, 0) is 18.2 Å². The van der Waals surface area contributed by atoms with E-state index in [1.807, 2.05) is 18.2 Å². The standard InChI is InChI=1S/C13H12N2O2/c1-17-12-8-7-11(9-14-12)15-13(16)10-5-3-2-4-6-10/h2-9H,1H3,(H,15,16). The number of benzene rings is 1. The summed E-state index contributed by atoms with van der Waals surface area (Å²) in [4.78, 5) is 15.8. The number of pyridine rings is 1. The highest BCUT2D eigenvalue weighted by atomic mass is 16.5. The third-order valence-electron chi connectivity index (χ3n) is 2.24. The summed E-state index contributed by atoms with van der Waals surface area (Å²) in [6, 6.07) is 12.5. The average Bonchev–Trinajstić information content (AvgIpc) is 2.40. The fraction of sp³-hybridized carbons (Fsp3) is 0.0769. The van der Waals surface area contributed by atoms with E-state index in [2.05, 4.69) is 10.3 Å². The first-order valence-corrected chi connectivity index (χ1v) is 5.16. The predicted molar refractivity (Wildman–Crippen MR) is 65.2 cm³/mol. The van der Waals surface area contributed by atoms with E-state index < -0.39 is 0 Å². The fourth-order valence-corrected chi connectivity index (χ4v) is 1.37. The van der Waals surface area contributed by atoms with Crippen LogP contribution in [0.1, 0.15) is 10.4 Å². The number of nitrogens with zero attached hydrogens (tertiary/aromatic N) is 1. The molecule has 1 heterocycles. The summed E-state index contributed by atoms with van der Waals surface area (Å²) >= 11 is 0. The van der Waals surface area contributed by atoms with Crippen LogP contribution in [0.15, 0.2) is 48.7 Å². The van der Waals surface area contributed by atoms with Crippen molar-refractivity contribution < 1.29 is 9.53 Å². The summed E-state index contributed by atoms with van der Waals surface area (Å²) in [7, 11) is 1.55. The van der Waals surface area contributed by atoms with Crippen molar-refractivity contribution in [2.75, 3.05) is 12.4 Å². The Balaban J connectivity index is 2.08. The van der Waals surface area contributed by atoms with E-state index in [-0.39, 0.29) is 5.91 Å². The lowest BCUT2D eigenvalue weighted by molar-refractivity contribution is 0.102. The molecule has 2 rings (SSSR count). The number of carbonyl (C=O) groups excluding carboxylic acids is 1. The number of rotatable bonds is 3. The van der Waals surface area contributed by atoms with Crippen molar-refractivity contribution in [1.82, 2.24) is 4.98 Å². The van der Waals surface area contributed by atoms with Crippen LogP contribution in [0.4, 0.5) is 5.69 Å². The van der Waals surface area contributed by atoms with Gasteiger partial charge < -0.3 is 10.1 Å². The molecule has 0 aliphatic heterocycles. The maximum absolute atomic E-state index is 11.8. The Morgan fingerprint density at radius 2 is 1.94 bits per heavy atom. The second-order valence-electron chi connectivity index (χ2n) is 3.41. The van der Waals surface area contributed by atoms with E-state index >= 15 is 0 Å². The summed E-state index contributed by atoms with van der Waals surface area (Å²) < 4.78 is 4.93. The zero-order chi connectivity index (χ0) is 12.1. The largest absolute Gasteiger partial charge is 0.481 e. The van der Waals surface area contributed by atoms with Crippen LogP contribution in [0.2, 0.25) is 0 Å². The minimum atomic E-state index is -0.155. The van der Waals surface area contributed by atoms with E-state index in [9.17, 15) is 4.79 Å². The molecule has 0 fully saturated rings. The molecule has 1 amide bonds. The lowest BCUT2D eigenvalue weighted by atomic mass is 10.2. The molecule has 2 aromatic rings. The van der Waals surface area contributed by atoms with E-state index in [0.29, 0.717) is 17.1 Å². The smallest absolute Gasteiger partial charge is 0.255 e. The molecule has 0 spiro atoms. The Bertz CT molecular complexity index is 495. The molecule has 0 radical (unpaired) electrons. The Kier molecular flexibility index (Phi) is 3.35. The average molecular weight is 228 g/mol. The van der Waals surface area contributed by atoms with Gasteiger partial charge in [0.15, 0.2) is 0 Å². The van der Waals surface area contributed by atoms with Crippen LogP contribution in [-0.2, 0) is 0 Å². The zero-order valence-corrected chi connectivity index (χ0v) is 9.38. The SMILES string of the molecule is COc1ccc(NC(=O)c2ccccc2)cn1. The van der Waals surface area contributed by atoms with Crippen LogP contribution in [0.5, 0.6) is 5.88 Å². The second kappa shape index (κ2) is 5.12. The highest BCUT2D eigenvalue weighted by Crippen LogP contribution is 2.12. The number of anilines is 1. The van der Waals surface area contributed by atoms with Gasteiger partial charge in [-0.3, -0.25) is 4.79 Å². The van der Waals surface area contributed by atoms with Gasteiger partial charge >= 0.3 is 0 Å². The molecule has 86 valence electrons. The van der Waals surface area contributed by atoms with Gasteiger partial charge in [0.25, 0.3) is 5.91 Å². The molecule has 17 heavy (non-hydrogen) atoms. The topological polar surface area (TPSA) is 51.2 Å². The number of methoxy groups -OCH3 is 1. The van der Waals surface area contributed by atoms with Gasteiger partial charge in [-0.15, -0.1) is 0 Å². The molecular weight excluding hydrogens is 216 g/mol. The Hall–Kier alpha value is -2.36. The predicted octanol–water partition coefficient (Wildman–Crippen LogP) is 2.34. The molecule has 0 aliphatic carbocycles. The monoisotopic (exact) mass is 228 g/mol. The first-order chi connectivity index (χ1) is 8.29. The normalized spacial score (nSPS) is 9.71. The number of hydrogen-bond acceptors (Lipinski definition) is 3. The first-order valence-electron chi connectivity index (χ1n) is 5.16. The van der Waals surface area contributed by atoms with Gasteiger partial charge in [0.1, 0.15) is 0 Å². The summed E-state index contributed by atoms with van der Waals surface area (Å²) in [5.41, 5.74) is 1.25. The molecule has 4 nitrogen and oxygen atoms in total. The molecule has 0 saturated carbocycles. The van der Waals surface area contributed by atoms with Crippen molar-refractivity contribution in [3.05, 3.63) is 54.2 Å². The van der Waals surface area contributed by atoms with Crippen LogP contribution < -0.4 is 10.1 Å². The third-order valence-corrected chi connectivity index (χ3v) is 2.24. The van der Waals surface area contributed by atoms with Gasteiger partial charge in [-0.1, -0.05) is 18.2 Å². The first kappa shape index (κ1) is 11.1. The Labute approximate surface area is 99.3 Å². The Morgan fingerprint density at radius 3 is 2.53 bits per heavy atom. The molecule has 0 aliphatic rings. The molecule has 1 N–H and O–H groups in total. The number of ether oxygens (including phenoxy) is 1. The zero-order valence-electron chi connectivity index (χ0n) is 9.38. The highest BCUT2D eigenvalue weighted by Gasteiger charge is 2.04. The summed E-state index contributed by atoms with van der Waals surface area (Å²) in [5, 5.41) is 2.75. The number of hydrogen-bond donors (Lipinski definition) is 1. The molecule has 0 atom stereocenters. The van der Waals surface area contributed by atoms with E-state index in [1.165, 1.54) is 0 Å². The van der Waals surface area contributed by atoms with Gasteiger partial charge in [0.2, 0.25) is 5.88 Å². The quantitative estimate of drug-likeness (QED) is 0.877. The number of amides is 1. The third kappa shape index (κ3) is 2.81. The second-order valence-corrected chi connectivity index (χ2v) is 3.41. The number of nitrogens with one attached hydrogen (secondary N) is 1. The molecule has 1 aromatic carbocycles. The molecule has 4 heteroatoms. The lowest BCUT2D eigenvalue weighted by Gasteiger charge is -2.05. The Morgan fingerprint density at radius 1 is 1.18 bits per heavy atom. The minimum absolute atomic E-state index is 0.155. The molecule has 1 aromatic heterocycles. The van der Waals surface area contributed by atoms with Crippen molar-refractivity contribution in [2.24, 2.45) is 0 Å². The van der Waals surface area contributed by atoms with E-state index in [1.54, 1.807) is 37.6 Å². The van der Waals surface area contributed by atoms with Crippen molar-refractivity contribution >= 4 is 11.6 Å². The minimum Gasteiger partial charge on any atom is -0.481 e. The van der Waals surface area contributed by atoms with Crippen molar-refractivity contribution in [3.8, 4) is 5.88 Å². The van der Waals surface area contributed by atoms with Gasteiger partial charge in [-0.25, -0.2) is 4.98 Å². The van der Waals surface area contributed by atoms with Crippen molar-refractivity contribution in [2.45, 2.75) is 0 Å². The van der Waals surface area contributed by atoms with Gasteiger partial charge in [-0.2, -0.15) is 0 Å². The molecule has 0 bridgehead atoms. The number of carbonyl (C=O) groups is 1. The van der Waals surface area contributed by atoms with Gasteiger partial charge in [0, 0.05) is 11.6 Å². The fourth-order valence-electron chi connectivity index (χ4n) is 1.37. The summed E-state index contributed by atoms with van der Waals surface area (Å²) in [6.45, 7) is 0. The van der Waals surface area contributed by atoms with Crippen molar-refractivity contribution in [1.29, 1.82) is 0 Å². The van der Waals surface area contributed by atoms with Gasteiger partial charge in [0.05, 0.1) is 19.0 Å². The molecular formula is C13H12N2O2. The van der Waals surface area contributed by atoms with E-state index in [4.69, 9.17) is 4.74 Å². The van der Waals surface area contributed by atoms with Crippen LogP contribution in [-0.4, -0.2) is 18.0 Å². The summed E-state index contributed by atoms with van der Waals surface area (Å²) in [5.74, 6) is 0.361. The maximum Gasteiger partial charge on any atom is 0.255 e. The van der Waals surface area contributed by atoms with Crippen LogP contribution in [0.3, 0.4) is 0 Å².